The smallest absolute Gasteiger partial charge is 0.0509 e. The summed E-state index contributed by atoms with van der Waals surface area (Å²) in [5.41, 5.74) is 0.635. The van der Waals surface area contributed by atoms with Crippen LogP contribution in [-0.2, 0) is 0 Å². The molecule has 1 aliphatic rings. The Labute approximate surface area is 82.9 Å². The molecule has 0 aromatic heterocycles. The van der Waals surface area contributed by atoms with E-state index in [-0.39, 0.29) is 5.54 Å². The quantitative estimate of drug-likeness (QED) is 0.615. The predicted octanol–water partition coefficient (Wildman–Crippen LogP) is 2.02. The summed E-state index contributed by atoms with van der Waals surface area (Å²) in [6.45, 7) is 15.2. The van der Waals surface area contributed by atoms with Gasteiger partial charge in [0.25, 0.3) is 0 Å². The van der Waals surface area contributed by atoms with Gasteiger partial charge in [0.1, 0.15) is 0 Å². The van der Waals surface area contributed by atoms with E-state index in [4.69, 9.17) is 0 Å². The highest BCUT2D eigenvalue weighted by atomic mass is 15.4. The van der Waals surface area contributed by atoms with Gasteiger partial charge in [-0.05, 0) is 26.3 Å². The van der Waals surface area contributed by atoms with Crippen LogP contribution in [0.2, 0.25) is 0 Å². The first-order valence-corrected chi connectivity index (χ1v) is 5.19. The van der Waals surface area contributed by atoms with Crippen molar-refractivity contribution in [3.63, 3.8) is 0 Å². The van der Waals surface area contributed by atoms with Crippen LogP contribution in [0.25, 0.3) is 0 Å². The fraction of sp³-hybridized carbons (Fsp3) is 1.00. The molecular formula is C11H24N2. The maximum absolute atomic E-state index is 2.58. The zero-order valence-corrected chi connectivity index (χ0v) is 10.0. The molecule has 0 bridgehead atoms. The van der Waals surface area contributed by atoms with Gasteiger partial charge in [-0.15, -0.1) is 0 Å². The number of likely N-dealkylation sites (N-methyl/N-ethyl adjacent to an activating group) is 1. The van der Waals surface area contributed by atoms with Crippen LogP contribution in [0.15, 0.2) is 0 Å². The van der Waals surface area contributed by atoms with E-state index in [1.807, 2.05) is 0 Å². The molecule has 1 heterocycles. The van der Waals surface area contributed by atoms with E-state index in [9.17, 15) is 0 Å². The molecule has 0 atom stereocenters. The molecule has 1 aliphatic heterocycles. The second-order valence-corrected chi connectivity index (χ2v) is 5.79. The van der Waals surface area contributed by atoms with E-state index in [1.54, 1.807) is 0 Å². The summed E-state index contributed by atoms with van der Waals surface area (Å²) in [4.78, 5) is 4.96. The highest BCUT2D eigenvalue weighted by Gasteiger charge is 2.40. The lowest BCUT2D eigenvalue weighted by Gasteiger charge is -2.46. The second kappa shape index (κ2) is 3.25. The molecule has 0 saturated carbocycles. The minimum absolute atomic E-state index is 0.289. The van der Waals surface area contributed by atoms with Gasteiger partial charge in [0.15, 0.2) is 0 Å². The first-order chi connectivity index (χ1) is 5.75. The molecule has 2 heteroatoms. The third-order valence-electron chi connectivity index (χ3n) is 3.79. The van der Waals surface area contributed by atoms with Crippen molar-refractivity contribution in [2.45, 2.75) is 40.2 Å². The van der Waals surface area contributed by atoms with Gasteiger partial charge in [-0.3, -0.25) is 9.80 Å². The summed E-state index contributed by atoms with van der Waals surface area (Å²) in [7, 11) is 2.19. The van der Waals surface area contributed by atoms with Crippen LogP contribution >= 0.6 is 0 Å². The third-order valence-corrected chi connectivity index (χ3v) is 3.79. The molecule has 0 N–H and O–H groups in total. The van der Waals surface area contributed by atoms with E-state index >= 15 is 0 Å². The summed E-state index contributed by atoms with van der Waals surface area (Å²) in [6, 6.07) is 0. The van der Waals surface area contributed by atoms with Crippen molar-refractivity contribution in [3.05, 3.63) is 0 Å². The Morgan fingerprint density at radius 2 is 1.46 bits per heavy atom. The van der Waals surface area contributed by atoms with E-state index in [1.165, 1.54) is 13.1 Å². The van der Waals surface area contributed by atoms with E-state index < -0.39 is 0 Å². The third kappa shape index (κ3) is 2.05. The number of hydrogen-bond donors (Lipinski definition) is 0. The lowest BCUT2D eigenvalue weighted by Crippen LogP contribution is -2.52. The van der Waals surface area contributed by atoms with Crippen molar-refractivity contribution in [1.29, 1.82) is 0 Å². The molecule has 78 valence electrons. The second-order valence-electron chi connectivity index (χ2n) is 5.79. The Kier molecular flexibility index (Phi) is 2.75. The van der Waals surface area contributed by atoms with Crippen molar-refractivity contribution in [3.8, 4) is 0 Å². The maximum Gasteiger partial charge on any atom is 0.0509 e. The van der Waals surface area contributed by atoms with Crippen molar-refractivity contribution in [2.24, 2.45) is 5.41 Å². The molecule has 13 heavy (non-hydrogen) atoms. The van der Waals surface area contributed by atoms with E-state index in [2.05, 4.69) is 51.5 Å². The molecule has 0 radical (unpaired) electrons. The van der Waals surface area contributed by atoms with Crippen LogP contribution in [0.5, 0.6) is 0 Å². The Morgan fingerprint density at radius 3 is 1.77 bits per heavy atom. The molecule has 0 aromatic carbocycles. The number of nitrogens with zero attached hydrogens (tertiary/aromatic N) is 2. The molecule has 1 saturated heterocycles. The van der Waals surface area contributed by atoms with Crippen LogP contribution in [0.3, 0.4) is 0 Å². The standard InChI is InChI=1S/C11H24N2/c1-10(2,3)11(4,5)13-8-7-12(6)9-13/h7-9H2,1-6H3. The Hall–Kier alpha value is -0.0800. The Bertz CT molecular complexity index is 179. The molecule has 0 unspecified atom stereocenters. The number of hydrogen-bond acceptors (Lipinski definition) is 2. The highest BCUT2D eigenvalue weighted by Crippen LogP contribution is 2.35. The zero-order chi connectivity index (χ0) is 10.3. The summed E-state index contributed by atoms with van der Waals surface area (Å²) in [5, 5.41) is 0. The number of rotatable bonds is 1. The molecule has 2 nitrogen and oxygen atoms in total. The minimum Gasteiger partial charge on any atom is -0.292 e. The molecule has 1 fully saturated rings. The SMILES string of the molecule is CN1CCN(C(C)(C)C(C)(C)C)C1. The molecule has 0 amide bonds. The fourth-order valence-corrected chi connectivity index (χ4v) is 1.65. The summed E-state index contributed by atoms with van der Waals surface area (Å²) in [5.74, 6) is 0. The van der Waals surface area contributed by atoms with Crippen LogP contribution in [0.1, 0.15) is 34.6 Å². The molecule has 0 spiro atoms. The lowest BCUT2D eigenvalue weighted by molar-refractivity contribution is 0.0308. The zero-order valence-electron chi connectivity index (χ0n) is 10.0. The summed E-state index contributed by atoms with van der Waals surface area (Å²) in [6.07, 6.45) is 0. The average molecular weight is 184 g/mol. The molecule has 1 rings (SSSR count). The van der Waals surface area contributed by atoms with Crippen molar-refractivity contribution in [2.75, 3.05) is 26.8 Å². The summed E-state index contributed by atoms with van der Waals surface area (Å²) >= 11 is 0. The molecule has 0 aromatic rings. The van der Waals surface area contributed by atoms with Gasteiger partial charge in [-0.1, -0.05) is 20.8 Å². The first-order valence-electron chi connectivity index (χ1n) is 5.19. The van der Waals surface area contributed by atoms with Gasteiger partial charge in [-0.2, -0.15) is 0 Å². The van der Waals surface area contributed by atoms with Crippen molar-refractivity contribution < 1.29 is 0 Å². The van der Waals surface area contributed by atoms with Crippen LogP contribution in [-0.4, -0.2) is 42.1 Å². The maximum atomic E-state index is 2.58. The highest BCUT2D eigenvalue weighted by molar-refractivity contribution is 4.94. The Balaban J connectivity index is 2.70. The lowest BCUT2D eigenvalue weighted by atomic mass is 9.75. The van der Waals surface area contributed by atoms with Gasteiger partial charge < -0.3 is 0 Å². The van der Waals surface area contributed by atoms with Crippen molar-refractivity contribution >= 4 is 0 Å². The topological polar surface area (TPSA) is 6.48 Å². The van der Waals surface area contributed by atoms with E-state index in [0.717, 1.165) is 6.67 Å². The predicted molar refractivity (Wildman–Crippen MR) is 57.7 cm³/mol. The first kappa shape index (κ1) is 11.0. The fourth-order valence-electron chi connectivity index (χ4n) is 1.65. The normalized spacial score (nSPS) is 22.6. The minimum atomic E-state index is 0.289. The summed E-state index contributed by atoms with van der Waals surface area (Å²) < 4.78 is 0. The van der Waals surface area contributed by atoms with Crippen LogP contribution < -0.4 is 0 Å². The van der Waals surface area contributed by atoms with Gasteiger partial charge >= 0.3 is 0 Å². The molecule has 0 aliphatic carbocycles. The van der Waals surface area contributed by atoms with Crippen LogP contribution in [0.4, 0.5) is 0 Å². The molecular weight excluding hydrogens is 160 g/mol. The van der Waals surface area contributed by atoms with Crippen LogP contribution in [0, 0.1) is 5.41 Å². The van der Waals surface area contributed by atoms with Crippen molar-refractivity contribution in [1.82, 2.24) is 9.80 Å². The van der Waals surface area contributed by atoms with Gasteiger partial charge in [0.05, 0.1) is 6.67 Å². The average Bonchev–Trinajstić information content (AvgIpc) is 2.33. The largest absolute Gasteiger partial charge is 0.292 e. The van der Waals surface area contributed by atoms with E-state index in [0.29, 0.717) is 5.41 Å². The Morgan fingerprint density at radius 1 is 0.923 bits per heavy atom. The van der Waals surface area contributed by atoms with Gasteiger partial charge in [0, 0.05) is 18.6 Å². The monoisotopic (exact) mass is 184 g/mol. The van der Waals surface area contributed by atoms with Gasteiger partial charge in [0.2, 0.25) is 0 Å². The van der Waals surface area contributed by atoms with Gasteiger partial charge in [-0.25, -0.2) is 0 Å².